The molecule has 0 radical (unpaired) electrons. The number of rotatable bonds is 5. The van der Waals surface area contributed by atoms with Crippen LogP contribution < -0.4 is 15.4 Å². The van der Waals surface area contributed by atoms with Crippen molar-refractivity contribution in [2.24, 2.45) is 0 Å². The highest BCUT2D eigenvalue weighted by Gasteiger charge is 2.19. The van der Waals surface area contributed by atoms with Crippen LogP contribution in [0.2, 0.25) is 0 Å². The van der Waals surface area contributed by atoms with Crippen LogP contribution in [0, 0.1) is 0 Å². The Labute approximate surface area is 144 Å². The van der Waals surface area contributed by atoms with Crippen molar-refractivity contribution in [1.82, 2.24) is 15.3 Å². The minimum atomic E-state index is -0.261. The molecule has 1 aliphatic rings. The maximum atomic E-state index is 11.7. The van der Waals surface area contributed by atoms with Crippen LogP contribution in [0.4, 0.5) is 6.01 Å². The SMILES string of the molecule is CNC(=O)c1cc(Oc2ccc3nc(NC4CCC4)oc3c2)ccn1. The number of nitrogens with one attached hydrogen (secondary N) is 2. The number of hydrogen-bond donors (Lipinski definition) is 2. The van der Waals surface area contributed by atoms with Gasteiger partial charge in [0.1, 0.15) is 22.7 Å². The number of ether oxygens (including phenoxy) is 1. The molecule has 2 heterocycles. The van der Waals surface area contributed by atoms with E-state index in [4.69, 9.17) is 9.15 Å². The molecule has 3 aromatic rings. The fraction of sp³-hybridized carbons (Fsp3) is 0.278. The Morgan fingerprint density at radius 1 is 1.24 bits per heavy atom. The van der Waals surface area contributed by atoms with Crippen LogP contribution in [0.5, 0.6) is 11.5 Å². The number of oxazole rings is 1. The standard InChI is InChI=1S/C18H18N4O3/c1-19-17(23)15-9-13(7-8-20-15)24-12-5-6-14-16(10-12)25-18(22-14)21-11-3-2-4-11/h5-11H,2-4H2,1H3,(H,19,23)(H,21,22). The number of anilines is 1. The first-order chi connectivity index (χ1) is 12.2. The Balaban J connectivity index is 1.54. The van der Waals surface area contributed by atoms with Gasteiger partial charge in [0, 0.05) is 31.4 Å². The Morgan fingerprint density at radius 3 is 2.84 bits per heavy atom. The van der Waals surface area contributed by atoms with E-state index < -0.39 is 0 Å². The molecular weight excluding hydrogens is 320 g/mol. The molecule has 0 bridgehead atoms. The molecule has 0 aliphatic heterocycles. The molecule has 1 fully saturated rings. The summed E-state index contributed by atoms with van der Waals surface area (Å²) in [4.78, 5) is 20.1. The Kier molecular flexibility index (Phi) is 3.97. The molecule has 1 amide bonds. The van der Waals surface area contributed by atoms with Crippen LogP contribution in [0.15, 0.2) is 40.9 Å². The summed E-state index contributed by atoms with van der Waals surface area (Å²) in [6.45, 7) is 0. The Hall–Kier alpha value is -3.09. The first kappa shape index (κ1) is 15.4. The van der Waals surface area contributed by atoms with E-state index in [0.29, 0.717) is 34.8 Å². The third-order valence-electron chi connectivity index (χ3n) is 4.22. The summed E-state index contributed by atoms with van der Waals surface area (Å²) in [6.07, 6.45) is 5.10. The molecule has 0 unspecified atom stereocenters. The summed E-state index contributed by atoms with van der Waals surface area (Å²) in [5, 5.41) is 5.83. The number of pyridine rings is 1. The van der Waals surface area contributed by atoms with Gasteiger partial charge < -0.3 is 19.8 Å². The molecule has 0 saturated heterocycles. The van der Waals surface area contributed by atoms with Crippen molar-refractivity contribution in [3.8, 4) is 11.5 Å². The molecule has 0 atom stereocenters. The monoisotopic (exact) mass is 338 g/mol. The van der Waals surface area contributed by atoms with E-state index in [0.717, 1.165) is 18.4 Å². The minimum absolute atomic E-state index is 0.261. The fourth-order valence-corrected chi connectivity index (χ4v) is 2.62. The zero-order valence-electron chi connectivity index (χ0n) is 13.8. The van der Waals surface area contributed by atoms with Crippen LogP contribution in [0.3, 0.4) is 0 Å². The summed E-state index contributed by atoms with van der Waals surface area (Å²) in [7, 11) is 1.56. The summed E-state index contributed by atoms with van der Waals surface area (Å²) in [5.74, 6) is 0.871. The van der Waals surface area contributed by atoms with Gasteiger partial charge in [-0.3, -0.25) is 9.78 Å². The van der Waals surface area contributed by atoms with Crippen molar-refractivity contribution in [2.75, 3.05) is 12.4 Å². The average Bonchev–Trinajstić information content (AvgIpc) is 2.99. The molecule has 0 spiro atoms. The lowest BCUT2D eigenvalue weighted by atomic mass is 9.93. The minimum Gasteiger partial charge on any atom is -0.457 e. The van der Waals surface area contributed by atoms with E-state index in [-0.39, 0.29) is 5.91 Å². The molecule has 7 heteroatoms. The Bertz CT molecular complexity index is 918. The predicted octanol–water partition coefficient (Wildman–Crippen LogP) is 3.34. The first-order valence-electron chi connectivity index (χ1n) is 8.24. The van der Waals surface area contributed by atoms with E-state index in [1.54, 1.807) is 25.2 Å². The average molecular weight is 338 g/mol. The molecule has 1 saturated carbocycles. The lowest BCUT2D eigenvalue weighted by molar-refractivity contribution is 0.0958. The van der Waals surface area contributed by atoms with Gasteiger partial charge in [-0.15, -0.1) is 0 Å². The largest absolute Gasteiger partial charge is 0.457 e. The molecule has 7 nitrogen and oxygen atoms in total. The fourth-order valence-electron chi connectivity index (χ4n) is 2.62. The van der Waals surface area contributed by atoms with Gasteiger partial charge in [-0.05, 0) is 37.5 Å². The molecule has 25 heavy (non-hydrogen) atoms. The number of aromatic nitrogens is 2. The van der Waals surface area contributed by atoms with Gasteiger partial charge in [-0.2, -0.15) is 4.98 Å². The number of amides is 1. The van der Waals surface area contributed by atoms with Crippen LogP contribution in [-0.2, 0) is 0 Å². The van der Waals surface area contributed by atoms with Gasteiger partial charge >= 0.3 is 0 Å². The zero-order valence-corrected chi connectivity index (χ0v) is 13.8. The predicted molar refractivity (Wildman–Crippen MR) is 93.0 cm³/mol. The van der Waals surface area contributed by atoms with E-state index in [1.165, 1.54) is 12.6 Å². The van der Waals surface area contributed by atoms with Gasteiger partial charge in [0.15, 0.2) is 5.58 Å². The van der Waals surface area contributed by atoms with Crippen LogP contribution in [-0.4, -0.2) is 29.0 Å². The van der Waals surface area contributed by atoms with Crippen LogP contribution in [0.1, 0.15) is 29.8 Å². The number of nitrogens with zero attached hydrogens (tertiary/aromatic N) is 2. The highest BCUT2D eigenvalue weighted by atomic mass is 16.5. The van der Waals surface area contributed by atoms with E-state index >= 15 is 0 Å². The van der Waals surface area contributed by atoms with Gasteiger partial charge in [0.2, 0.25) is 0 Å². The first-order valence-corrected chi connectivity index (χ1v) is 8.24. The highest BCUT2D eigenvalue weighted by Crippen LogP contribution is 2.29. The van der Waals surface area contributed by atoms with E-state index in [2.05, 4.69) is 20.6 Å². The van der Waals surface area contributed by atoms with Gasteiger partial charge in [0.25, 0.3) is 11.9 Å². The summed E-state index contributed by atoms with van der Waals surface area (Å²) < 4.78 is 11.6. The van der Waals surface area contributed by atoms with Crippen LogP contribution in [0.25, 0.3) is 11.1 Å². The lowest BCUT2D eigenvalue weighted by Crippen LogP contribution is -2.26. The van der Waals surface area contributed by atoms with Gasteiger partial charge in [0.05, 0.1) is 0 Å². The van der Waals surface area contributed by atoms with Gasteiger partial charge in [-0.25, -0.2) is 0 Å². The van der Waals surface area contributed by atoms with E-state index in [1.807, 2.05) is 12.1 Å². The highest BCUT2D eigenvalue weighted by molar-refractivity contribution is 5.92. The smallest absolute Gasteiger partial charge is 0.295 e. The van der Waals surface area contributed by atoms with E-state index in [9.17, 15) is 4.79 Å². The maximum absolute atomic E-state index is 11.7. The molecule has 4 rings (SSSR count). The van der Waals surface area contributed by atoms with Crippen molar-refractivity contribution in [3.63, 3.8) is 0 Å². The topological polar surface area (TPSA) is 89.3 Å². The summed E-state index contributed by atoms with van der Waals surface area (Å²) >= 11 is 0. The van der Waals surface area contributed by atoms with Gasteiger partial charge in [-0.1, -0.05) is 0 Å². The zero-order chi connectivity index (χ0) is 17.2. The molecule has 128 valence electrons. The molecule has 2 aromatic heterocycles. The lowest BCUT2D eigenvalue weighted by Gasteiger charge is -2.25. The van der Waals surface area contributed by atoms with Crippen molar-refractivity contribution in [2.45, 2.75) is 25.3 Å². The van der Waals surface area contributed by atoms with Crippen molar-refractivity contribution in [3.05, 3.63) is 42.2 Å². The third kappa shape index (κ3) is 3.26. The quantitative estimate of drug-likeness (QED) is 0.742. The van der Waals surface area contributed by atoms with Crippen molar-refractivity contribution >= 4 is 23.0 Å². The molecule has 1 aromatic carbocycles. The number of fused-ring (bicyclic) bond motifs is 1. The number of carbonyl (C=O) groups is 1. The number of hydrogen-bond acceptors (Lipinski definition) is 6. The molecule has 1 aliphatic carbocycles. The molecular formula is C18H18N4O3. The van der Waals surface area contributed by atoms with Crippen molar-refractivity contribution < 1.29 is 13.9 Å². The van der Waals surface area contributed by atoms with Crippen molar-refractivity contribution in [1.29, 1.82) is 0 Å². The summed E-state index contributed by atoms with van der Waals surface area (Å²) in [6, 6.07) is 9.74. The second-order valence-electron chi connectivity index (χ2n) is 5.98. The molecule has 2 N–H and O–H groups in total. The second-order valence-corrected chi connectivity index (χ2v) is 5.98. The maximum Gasteiger partial charge on any atom is 0.295 e. The normalized spacial score (nSPS) is 14.1. The Morgan fingerprint density at radius 2 is 2.08 bits per heavy atom. The summed E-state index contributed by atoms with van der Waals surface area (Å²) in [5.41, 5.74) is 1.72. The second kappa shape index (κ2) is 6.43. The third-order valence-corrected chi connectivity index (χ3v) is 4.22. The van der Waals surface area contributed by atoms with Crippen LogP contribution >= 0.6 is 0 Å². The number of carbonyl (C=O) groups excluding carboxylic acids is 1. The number of benzene rings is 1.